The number of benzene rings is 3. The summed E-state index contributed by atoms with van der Waals surface area (Å²) in [5, 5.41) is 13.3. The van der Waals surface area contributed by atoms with Crippen molar-refractivity contribution in [1.29, 1.82) is 0 Å². The zero-order chi connectivity index (χ0) is 32.1. The summed E-state index contributed by atoms with van der Waals surface area (Å²) in [7, 11) is 0. The molecule has 11 heteroatoms. The molecule has 244 valence electrons. The number of ketones is 1. The standard InChI is InChI=1S/C35H41N3O7S/c36-14-19-42-22-23-43-20-15-37-35(41)45-29-12-13-30-31(24-29)46-34(26-4-8-27(39)9-5-26)32(30)33(40)25-6-10-28(11-7-25)44-21-18-38-16-2-1-3-17-38/h4-13,24,39H,1-3,14-23,36H2,(H,37,41). The van der Waals surface area contributed by atoms with Gasteiger partial charge < -0.3 is 35.1 Å². The van der Waals surface area contributed by atoms with Crippen molar-refractivity contribution in [1.82, 2.24) is 10.2 Å². The molecule has 0 unspecified atom stereocenters. The lowest BCUT2D eigenvalue weighted by Gasteiger charge is -2.26. The monoisotopic (exact) mass is 647 g/mol. The maximum Gasteiger partial charge on any atom is 0.412 e. The maximum absolute atomic E-state index is 14.0. The van der Waals surface area contributed by atoms with Crippen molar-refractivity contribution in [3.8, 4) is 27.7 Å². The van der Waals surface area contributed by atoms with Gasteiger partial charge >= 0.3 is 6.09 Å². The minimum Gasteiger partial charge on any atom is -0.508 e. The summed E-state index contributed by atoms with van der Waals surface area (Å²) < 4.78 is 22.9. The molecule has 4 N–H and O–H groups in total. The van der Waals surface area contributed by atoms with Crippen LogP contribution in [-0.4, -0.2) is 87.6 Å². The lowest BCUT2D eigenvalue weighted by atomic mass is 9.97. The number of hydrogen-bond acceptors (Lipinski definition) is 10. The number of nitrogens with two attached hydrogens (primary N) is 1. The van der Waals surface area contributed by atoms with Gasteiger partial charge in [-0.05, 0) is 98.2 Å². The van der Waals surface area contributed by atoms with E-state index in [1.165, 1.54) is 30.6 Å². The highest BCUT2D eigenvalue weighted by Crippen LogP contribution is 2.41. The first kappa shape index (κ1) is 33.4. The van der Waals surface area contributed by atoms with E-state index in [1.807, 2.05) is 12.1 Å². The van der Waals surface area contributed by atoms with Crippen LogP contribution in [0.15, 0.2) is 66.7 Å². The van der Waals surface area contributed by atoms with Gasteiger partial charge in [-0.25, -0.2) is 4.79 Å². The van der Waals surface area contributed by atoms with Crippen LogP contribution in [0.3, 0.4) is 0 Å². The molecule has 1 fully saturated rings. The topological polar surface area (TPSA) is 133 Å². The zero-order valence-corrected chi connectivity index (χ0v) is 26.7. The van der Waals surface area contributed by atoms with E-state index in [9.17, 15) is 14.7 Å². The van der Waals surface area contributed by atoms with E-state index in [4.69, 9.17) is 24.7 Å². The summed E-state index contributed by atoms with van der Waals surface area (Å²) >= 11 is 1.42. The molecule has 1 aliphatic rings. The number of hydrogen-bond donors (Lipinski definition) is 3. The smallest absolute Gasteiger partial charge is 0.412 e. The van der Waals surface area contributed by atoms with Gasteiger partial charge in [0, 0.05) is 45.7 Å². The first-order valence-corrected chi connectivity index (χ1v) is 16.5. The summed E-state index contributed by atoms with van der Waals surface area (Å²) in [4.78, 5) is 29.6. The first-order chi connectivity index (χ1) is 22.5. The van der Waals surface area contributed by atoms with Gasteiger partial charge in [-0.1, -0.05) is 6.42 Å². The van der Waals surface area contributed by atoms with Gasteiger partial charge in [0.05, 0.1) is 26.4 Å². The van der Waals surface area contributed by atoms with Crippen LogP contribution >= 0.6 is 11.3 Å². The number of amides is 1. The van der Waals surface area contributed by atoms with E-state index >= 15 is 0 Å². The second-order valence-corrected chi connectivity index (χ2v) is 12.0. The van der Waals surface area contributed by atoms with Crippen LogP contribution < -0.4 is 20.5 Å². The lowest BCUT2D eigenvalue weighted by Crippen LogP contribution is -2.33. The Labute approximate surface area is 273 Å². The number of carbonyl (C=O) groups excluding carboxylic acids is 2. The number of likely N-dealkylation sites (tertiary alicyclic amines) is 1. The molecule has 0 atom stereocenters. The van der Waals surface area contributed by atoms with Crippen molar-refractivity contribution < 1.29 is 33.6 Å². The molecule has 5 rings (SSSR count). The van der Waals surface area contributed by atoms with Crippen LogP contribution in [0.4, 0.5) is 4.79 Å². The molecule has 1 saturated heterocycles. The van der Waals surface area contributed by atoms with Crippen LogP contribution in [0.25, 0.3) is 20.5 Å². The fourth-order valence-corrected chi connectivity index (χ4v) is 6.51. The fraction of sp³-hybridized carbons (Fsp3) is 0.371. The molecule has 4 aromatic rings. The highest BCUT2D eigenvalue weighted by molar-refractivity contribution is 7.22. The summed E-state index contributed by atoms with van der Waals surface area (Å²) in [6.07, 6.45) is 3.18. The second kappa shape index (κ2) is 17.1. The molecular formula is C35H41N3O7S. The number of fused-ring (bicyclic) bond motifs is 1. The Morgan fingerprint density at radius 1 is 0.848 bits per heavy atom. The van der Waals surface area contributed by atoms with Gasteiger partial charge in [0.15, 0.2) is 5.78 Å². The largest absolute Gasteiger partial charge is 0.508 e. The number of thiophene rings is 1. The predicted octanol–water partition coefficient (Wildman–Crippen LogP) is 5.45. The van der Waals surface area contributed by atoms with Crippen LogP contribution in [-0.2, 0) is 9.47 Å². The Balaban J connectivity index is 1.26. The lowest BCUT2D eigenvalue weighted by molar-refractivity contribution is 0.0520. The molecule has 46 heavy (non-hydrogen) atoms. The Morgan fingerprint density at radius 2 is 1.57 bits per heavy atom. The molecule has 1 aliphatic heterocycles. The molecule has 10 nitrogen and oxygen atoms in total. The molecular weight excluding hydrogens is 606 g/mol. The van der Waals surface area contributed by atoms with Gasteiger partial charge in [0.2, 0.25) is 0 Å². The van der Waals surface area contributed by atoms with E-state index in [2.05, 4.69) is 10.2 Å². The highest BCUT2D eigenvalue weighted by Gasteiger charge is 2.22. The predicted molar refractivity (Wildman–Crippen MR) is 179 cm³/mol. The number of rotatable bonds is 16. The quantitative estimate of drug-likeness (QED) is 0.107. The van der Waals surface area contributed by atoms with Crippen molar-refractivity contribution in [3.05, 3.63) is 77.9 Å². The molecule has 0 aliphatic carbocycles. The summed E-state index contributed by atoms with van der Waals surface area (Å²) in [5.41, 5.74) is 7.26. The Kier molecular flexibility index (Phi) is 12.4. The van der Waals surface area contributed by atoms with Crippen LogP contribution in [0.2, 0.25) is 0 Å². The average molecular weight is 648 g/mol. The third-order valence-electron chi connectivity index (χ3n) is 7.62. The third-order valence-corrected chi connectivity index (χ3v) is 8.82. The van der Waals surface area contributed by atoms with Crippen LogP contribution in [0.5, 0.6) is 17.2 Å². The van der Waals surface area contributed by atoms with E-state index in [-0.39, 0.29) is 18.1 Å². The van der Waals surface area contributed by atoms with Gasteiger partial charge in [0.1, 0.15) is 23.9 Å². The first-order valence-electron chi connectivity index (χ1n) is 15.7. The maximum atomic E-state index is 14.0. The summed E-state index contributed by atoms with van der Waals surface area (Å²) in [5.74, 6) is 1.09. The van der Waals surface area contributed by atoms with Gasteiger partial charge in [-0.15, -0.1) is 11.3 Å². The number of ether oxygens (including phenoxy) is 4. The molecule has 1 aromatic heterocycles. The SMILES string of the molecule is NCCOCCOCCNC(=O)Oc1ccc2c(C(=O)c3ccc(OCCN4CCCCC4)cc3)c(-c3ccc(O)cc3)sc2c1. The van der Waals surface area contributed by atoms with Crippen molar-refractivity contribution in [2.45, 2.75) is 19.3 Å². The van der Waals surface area contributed by atoms with Gasteiger partial charge in [-0.2, -0.15) is 0 Å². The Bertz CT molecular complexity index is 1570. The van der Waals surface area contributed by atoms with Gasteiger partial charge in [-0.3, -0.25) is 9.69 Å². The average Bonchev–Trinajstić information content (AvgIpc) is 3.45. The van der Waals surface area contributed by atoms with Crippen molar-refractivity contribution in [2.24, 2.45) is 5.73 Å². The minimum absolute atomic E-state index is 0.131. The number of phenolic OH excluding ortho intramolecular Hbond substituents is 1. The Hall–Kier alpha value is -4.00. The normalized spacial score (nSPS) is 13.5. The van der Waals surface area contributed by atoms with Crippen molar-refractivity contribution in [3.63, 3.8) is 0 Å². The van der Waals surface area contributed by atoms with E-state index in [1.54, 1.807) is 54.6 Å². The number of nitrogens with one attached hydrogen (secondary N) is 1. The Morgan fingerprint density at radius 3 is 2.30 bits per heavy atom. The van der Waals surface area contributed by atoms with E-state index < -0.39 is 6.09 Å². The van der Waals surface area contributed by atoms with Crippen LogP contribution in [0, 0.1) is 0 Å². The molecule has 0 radical (unpaired) electrons. The van der Waals surface area contributed by atoms with Crippen molar-refractivity contribution in [2.75, 3.05) is 65.8 Å². The highest BCUT2D eigenvalue weighted by atomic mass is 32.1. The van der Waals surface area contributed by atoms with Crippen LogP contribution in [0.1, 0.15) is 35.2 Å². The summed E-state index contributed by atoms with van der Waals surface area (Å²) in [6, 6.07) is 19.3. The number of aromatic hydroxyl groups is 1. The molecule has 1 amide bonds. The third kappa shape index (κ3) is 9.27. The van der Waals surface area contributed by atoms with E-state index in [0.717, 1.165) is 45.9 Å². The zero-order valence-electron chi connectivity index (χ0n) is 25.9. The van der Waals surface area contributed by atoms with Crippen molar-refractivity contribution >= 4 is 33.3 Å². The molecule has 3 aromatic carbocycles. The second-order valence-electron chi connectivity index (χ2n) is 10.9. The van der Waals surface area contributed by atoms with E-state index in [0.29, 0.717) is 56.5 Å². The number of phenols is 1. The minimum atomic E-state index is -0.604. The number of carbonyl (C=O) groups is 2. The fourth-order valence-electron chi connectivity index (χ4n) is 5.28. The number of piperidine rings is 1. The molecule has 0 saturated carbocycles. The molecule has 2 heterocycles. The summed E-state index contributed by atoms with van der Waals surface area (Å²) in [6.45, 7) is 6.14. The number of nitrogens with zero attached hydrogens (tertiary/aromatic N) is 1. The van der Waals surface area contributed by atoms with Gasteiger partial charge in [0.25, 0.3) is 0 Å². The molecule has 0 spiro atoms. The molecule has 0 bridgehead atoms.